The van der Waals surface area contributed by atoms with Gasteiger partial charge in [-0.15, -0.1) is 0 Å². The zero-order chi connectivity index (χ0) is 14.9. The van der Waals surface area contributed by atoms with Crippen LogP contribution in [0.4, 0.5) is 10.2 Å². The number of aliphatic hydroxyl groups excluding tert-OH is 1. The molecule has 1 fully saturated rings. The van der Waals surface area contributed by atoms with Gasteiger partial charge in [-0.1, -0.05) is 0 Å². The van der Waals surface area contributed by atoms with Gasteiger partial charge < -0.3 is 20.5 Å². The number of nitrogens with two attached hydrogens (primary N) is 1. The minimum Gasteiger partial charge on any atom is -0.394 e. The number of hydrogen-bond acceptors (Lipinski definition) is 5. The Balaban J connectivity index is 2.25. The molecule has 0 aromatic carbocycles. The van der Waals surface area contributed by atoms with Gasteiger partial charge >= 0.3 is 0 Å². The molecule has 2 heterocycles. The fourth-order valence-corrected chi connectivity index (χ4v) is 2.34. The summed E-state index contributed by atoms with van der Waals surface area (Å²) in [6.07, 6.45) is 0.497. The van der Waals surface area contributed by atoms with E-state index in [-0.39, 0.29) is 24.5 Å². The number of hydrogen-bond donors (Lipinski definition) is 2. The third kappa shape index (κ3) is 3.05. The highest BCUT2D eigenvalue weighted by Crippen LogP contribution is 2.23. The van der Waals surface area contributed by atoms with Gasteiger partial charge in [-0.2, -0.15) is 0 Å². The van der Waals surface area contributed by atoms with Gasteiger partial charge in [0.25, 0.3) is 5.91 Å². The smallest absolute Gasteiger partial charge is 0.257 e. The highest BCUT2D eigenvalue weighted by molar-refractivity contribution is 5.98. The third-order valence-corrected chi connectivity index (χ3v) is 3.09. The van der Waals surface area contributed by atoms with E-state index >= 15 is 0 Å². The van der Waals surface area contributed by atoms with E-state index in [1.165, 1.54) is 4.90 Å². The molecular formula is C13H18FN3O3. The quantitative estimate of drug-likeness (QED) is 0.821. The minimum absolute atomic E-state index is 0.0127. The first-order valence-electron chi connectivity index (χ1n) is 6.31. The van der Waals surface area contributed by atoms with Crippen LogP contribution in [0.2, 0.25) is 0 Å². The number of rotatable bonds is 2. The minimum atomic E-state index is -0.617. The summed E-state index contributed by atoms with van der Waals surface area (Å²) in [4.78, 5) is 17.6. The number of nitrogens with zero attached hydrogens (tertiary/aromatic N) is 2. The Bertz CT molecular complexity index is 522. The van der Waals surface area contributed by atoms with Crippen LogP contribution < -0.4 is 5.73 Å². The molecule has 0 aliphatic carbocycles. The van der Waals surface area contributed by atoms with Crippen molar-refractivity contribution in [2.24, 2.45) is 0 Å². The Morgan fingerprint density at radius 3 is 3.05 bits per heavy atom. The molecule has 1 amide bonds. The molecule has 1 aromatic rings. The van der Waals surface area contributed by atoms with Crippen molar-refractivity contribution in [3.05, 3.63) is 23.6 Å². The average Bonchev–Trinajstić information content (AvgIpc) is 2.38. The molecule has 3 N–H and O–H groups in total. The van der Waals surface area contributed by atoms with Gasteiger partial charge in [0.1, 0.15) is 11.6 Å². The fraction of sp³-hybridized carbons (Fsp3) is 0.538. The van der Waals surface area contributed by atoms with E-state index < -0.39 is 23.4 Å². The molecule has 1 saturated heterocycles. The van der Waals surface area contributed by atoms with E-state index in [9.17, 15) is 14.3 Å². The van der Waals surface area contributed by atoms with Gasteiger partial charge in [0, 0.05) is 13.1 Å². The van der Waals surface area contributed by atoms with Crippen LogP contribution in [0.5, 0.6) is 0 Å². The summed E-state index contributed by atoms with van der Waals surface area (Å²) >= 11 is 0. The molecule has 1 aliphatic heterocycles. The molecule has 2 rings (SSSR count). The van der Waals surface area contributed by atoms with E-state index in [0.717, 1.165) is 12.3 Å². The maximum absolute atomic E-state index is 13.2. The monoisotopic (exact) mass is 283 g/mol. The van der Waals surface area contributed by atoms with Crippen molar-refractivity contribution >= 4 is 11.7 Å². The molecule has 0 bridgehead atoms. The summed E-state index contributed by atoms with van der Waals surface area (Å²) in [7, 11) is 0. The summed E-state index contributed by atoms with van der Waals surface area (Å²) in [6.45, 7) is 4.02. The fourth-order valence-electron chi connectivity index (χ4n) is 2.34. The Morgan fingerprint density at radius 1 is 1.70 bits per heavy atom. The van der Waals surface area contributed by atoms with Crippen LogP contribution in [0.3, 0.4) is 0 Å². The number of amides is 1. The Hall–Kier alpha value is -1.73. The zero-order valence-electron chi connectivity index (χ0n) is 11.5. The maximum Gasteiger partial charge on any atom is 0.257 e. The van der Waals surface area contributed by atoms with Gasteiger partial charge in [0.05, 0.1) is 30.1 Å². The number of nitrogen functional groups attached to an aromatic ring is 1. The lowest BCUT2D eigenvalue weighted by Gasteiger charge is -2.42. The second-order valence-corrected chi connectivity index (χ2v) is 5.45. The number of carbonyl (C=O) groups excluding carboxylic acids is 1. The number of morpholine rings is 1. The van der Waals surface area contributed by atoms with E-state index in [0.29, 0.717) is 6.54 Å². The molecule has 20 heavy (non-hydrogen) atoms. The molecule has 7 heteroatoms. The second-order valence-electron chi connectivity index (χ2n) is 5.45. The number of aliphatic hydroxyl groups is 1. The Morgan fingerprint density at radius 2 is 2.40 bits per heavy atom. The first-order valence-corrected chi connectivity index (χ1v) is 6.31. The Labute approximate surface area is 116 Å². The van der Waals surface area contributed by atoms with Gasteiger partial charge in [0.15, 0.2) is 0 Å². The predicted octanol–water partition coefficient (Wildman–Crippen LogP) is 0.415. The lowest BCUT2D eigenvalue weighted by molar-refractivity contribution is -0.139. The summed E-state index contributed by atoms with van der Waals surface area (Å²) in [5.41, 5.74) is 5.07. The number of aromatic nitrogens is 1. The topological polar surface area (TPSA) is 88.7 Å². The highest BCUT2D eigenvalue weighted by atomic mass is 19.1. The summed E-state index contributed by atoms with van der Waals surface area (Å²) < 4.78 is 18.8. The van der Waals surface area contributed by atoms with E-state index in [4.69, 9.17) is 10.5 Å². The summed E-state index contributed by atoms with van der Waals surface area (Å²) in [5.74, 6) is -1.04. The number of halogens is 1. The van der Waals surface area contributed by atoms with Crippen molar-refractivity contribution in [1.82, 2.24) is 9.88 Å². The molecule has 1 atom stereocenters. The van der Waals surface area contributed by atoms with Crippen molar-refractivity contribution in [2.75, 3.05) is 25.4 Å². The third-order valence-electron chi connectivity index (χ3n) is 3.09. The van der Waals surface area contributed by atoms with Crippen LogP contribution in [0.1, 0.15) is 24.2 Å². The standard InChI is InChI=1S/C13H18FN3O3/c1-13(2)7-17(5-9(6-18)20-13)12(19)10-3-8(14)4-16-11(10)15/h3-4,9,18H,5-7H2,1-2H3,(H2,15,16). The van der Waals surface area contributed by atoms with Crippen molar-refractivity contribution < 1.29 is 19.0 Å². The average molecular weight is 283 g/mol. The molecule has 1 unspecified atom stereocenters. The summed E-state index contributed by atoms with van der Waals surface area (Å²) in [5, 5.41) is 9.23. The van der Waals surface area contributed by atoms with Gasteiger partial charge in [-0.05, 0) is 19.9 Å². The van der Waals surface area contributed by atoms with Crippen LogP contribution in [0, 0.1) is 5.82 Å². The molecule has 110 valence electrons. The SMILES string of the molecule is CC1(C)CN(C(=O)c2cc(F)cnc2N)CC(CO)O1. The highest BCUT2D eigenvalue weighted by Gasteiger charge is 2.36. The van der Waals surface area contributed by atoms with Gasteiger partial charge in [-0.3, -0.25) is 4.79 Å². The van der Waals surface area contributed by atoms with Crippen LogP contribution >= 0.6 is 0 Å². The largest absolute Gasteiger partial charge is 0.394 e. The lowest BCUT2D eigenvalue weighted by Crippen LogP contribution is -2.55. The van der Waals surface area contributed by atoms with Gasteiger partial charge in [-0.25, -0.2) is 9.37 Å². The Kier molecular flexibility index (Phi) is 3.92. The van der Waals surface area contributed by atoms with E-state index in [2.05, 4.69) is 4.98 Å². The molecule has 0 radical (unpaired) electrons. The molecule has 1 aromatic heterocycles. The zero-order valence-corrected chi connectivity index (χ0v) is 11.5. The molecular weight excluding hydrogens is 265 g/mol. The second kappa shape index (κ2) is 5.34. The molecule has 0 saturated carbocycles. The van der Waals surface area contributed by atoms with Crippen LogP contribution in [0.25, 0.3) is 0 Å². The van der Waals surface area contributed by atoms with Crippen LogP contribution in [-0.2, 0) is 4.74 Å². The number of ether oxygens (including phenoxy) is 1. The van der Waals surface area contributed by atoms with E-state index in [1.807, 2.05) is 13.8 Å². The first-order chi connectivity index (χ1) is 9.32. The predicted molar refractivity (Wildman–Crippen MR) is 70.5 cm³/mol. The van der Waals surface area contributed by atoms with Crippen LogP contribution in [0.15, 0.2) is 12.3 Å². The lowest BCUT2D eigenvalue weighted by atomic mass is 10.0. The summed E-state index contributed by atoms with van der Waals surface area (Å²) in [6, 6.07) is 1.07. The maximum atomic E-state index is 13.2. The van der Waals surface area contributed by atoms with E-state index in [1.54, 1.807) is 0 Å². The molecule has 0 spiro atoms. The van der Waals surface area contributed by atoms with Gasteiger partial charge in [0.2, 0.25) is 0 Å². The van der Waals surface area contributed by atoms with Crippen molar-refractivity contribution in [2.45, 2.75) is 25.6 Å². The van der Waals surface area contributed by atoms with Crippen molar-refractivity contribution in [1.29, 1.82) is 0 Å². The first kappa shape index (κ1) is 14.7. The molecule has 1 aliphatic rings. The number of pyridine rings is 1. The van der Waals surface area contributed by atoms with Crippen molar-refractivity contribution in [3.63, 3.8) is 0 Å². The molecule has 6 nitrogen and oxygen atoms in total. The number of anilines is 1. The number of carbonyl (C=O) groups is 1. The van der Waals surface area contributed by atoms with Crippen LogP contribution in [-0.4, -0.2) is 52.3 Å². The van der Waals surface area contributed by atoms with Crippen molar-refractivity contribution in [3.8, 4) is 0 Å². The normalized spacial score (nSPS) is 21.8.